The van der Waals surface area contributed by atoms with Gasteiger partial charge in [-0.2, -0.15) is 0 Å². The van der Waals surface area contributed by atoms with Gasteiger partial charge < -0.3 is 4.57 Å². The molecule has 28 heavy (non-hydrogen) atoms. The zero-order chi connectivity index (χ0) is 19.8. The maximum atomic E-state index is 13.8. The first-order valence-corrected chi connectivity index (χ1v) is 9.50. The number of halogens is 1. The van der Waals surface area contributed by atoms with Gasteiger partial charge in [-0.25, -0.2) is 4.39 Å². The molecular formula is C24H22FNO2. The molecule has 0 atom stereocenters. The van der Waals surface area contributed by atoms with E-state index in [2.05, 4.69) is 0 Å². The average Bonchev–Trinajstić information content (AvgIpc) is 2.66. The predicted molar refractivity (Wildman–Crippen MR) is 108 cm³/mol. The SMILES string of the molecule is Cc1cc(-c2ccc3c(c2Cc2cccc(F)c2)CCC(=O)C3)cn(C)c1=O. The standard InChI is InChI=1S/C24H22FNO2/c1-15-10-18(14-26(2)24(15)28)22-8-6-17-13-20(27)7-9-21(17)23(22)12-16-4-3-5-19(25)11-16/h3-6,8,10-11,14H,7,9,12-13H2,1-2H3. The Kier molecular flexibility index (Phi) is 4.71. The fourth-order valence-corrected chi connectivity index (χ4v) is 4.13. The highest BCUT2D eigenvalue weighted by molar-refractivity contribution is 5.84. The van der Waals surface area contributed by atoms with Crippen LogP contribution >= 0.6 is 0 Å². The van der Waals surface area contributed by atoms with Crippen molar-refractivity contribution in [2.75, 3.05) is 0 Å². The minimum atomic E-state index is -0.253. The zero-order valence-electron chi connectivity index (χ0n) is 16.1. The molecule has 0 aliphatic heterocycles. The summed E-state index contributed by atoms with van der Waals surface area (Å²) < 4.78 is 15.3. The van der Waals surface area contributed by atoms with Crippen molar-refractivity contribution < 1.29 is 9.18 Å². The number of ketones is 1. The Balaban J connectivity index is 1.91. The summed E-state index contributed by atoms with van der Waals surface area (Å²) in [5.41, 5.74) is 6.94. The second kappa shape index (κ2) is 7.19. The third-order valence-electron chi connectivity index (χ3n) is 5.51. The number of rotatable bonds is 3. The van der Waals surface area contributed by atoms with Gasteiger partial charge in [0.05, 0.1) is 0 Å². The molecule has 0 saturated carbocycles. The number of Topliss-reactive ketones (excluding diaryl/α,β-unsaturated/α-hetero) is 1. The van der Waals surface area contributed by atoms with Crippen LogP contribution in [0.1, 0.15) is 34.2 Å². The van der Waals surface area contributed by atoms with Crippen molar-refractivity contribution >= 4 is 5.78 Å². The average molecular weight is 375 g/mol. The third-order valence-corrected chi connectivity index (χ3v) is 5.51. The largest absolute Gasteiger partial charge is 0.318 e. The fourth-order valence-electron chi connectivity index (χ4n) is 4.13. The van der Waals surface area contributed by atoms with Crippen LogP contribution in [-0.4, -0.2) is 10.4 Å². The number of carbonyl (C=O) groups is 1. The van der Waals surface area contributed by atoms with Crippen molar-refractivity contribution in [2.45, 2.75) is 32.6 Å². The number of pyridine rings is 1. The van der Waals surface area contributed by atoms with Crippen molar-refractivity contribution in [1.82, 2.24) is 4.57 Å². The monoisotopic (exact) mass is 375 g/mol. The topological polar surface area (TPSA) is 39.1 Å². The molecule has 2 aromatic carbocycles. The molecule has 4 heteroatoms. The number of aryl methyl sites for hydroxylation is 2. The molecule has 0 N–H and O–H groups in total. The Hall–Kier alpha value is -3.01. The molecule has 0 saturated heterocycles. The lowest BCUT2D eigenvalue weighted by atomic mass is 9.82. The predicted octanol–water partition coefficient (Wildman–Crippen LogP) is 4.15. The van der Waals surface area contributed by atoms with Gasteiger partial charge in [-0.15, -0.1) is 0 Å². The molecule has 142 valence electrons. The van der Waals surface area contributed by atoms with Gasteiger partial charge >= 0.3 is 0 Å². The van der Waals surface area contributed by atoms with Crippen LogP contribution in [0, 0.1) is 12.7 Å². The van der Waals surface area contributed by atoms with Gasteiger partial charge in [0.25, 0.3) is 5.56 Å². The van der Waals surface area contributed by atoms with Gasteiger partial charge in [-0.3, -0.25) is 9.59 Å². The number of hydrogen-bond donors (Lipinski definition) is 0. The number of hydrogen-bond acceptors (Lipinski definition) is 2. The summed E-state index contributed by atoms with van der Waals surface area (Å²) in [4.78, 5) is 24.1. The summed E-state index contributed by atoms with van der Waals surface area (Å²) in [5.74, 6) is 0.00638. The molecule has 1 aliphatic carbocycles. The third kappa shape index (κ3) is 3.42. The molecule has 1 aromatic heterocycles. The molecule has 3 nitrogen and oxygen atoms in total. The first kappa shape index (κ1) is 18.4. The summed E-state index contributed by atoms with van der Waals surface area (Å²) in [7, 11) is 1.75. The van der Waals surface area contributed by atoms with Gasteiger partial charge in [-0.05, 0) is 71.3 Å². The molecule has 0 fully saturated rings. The quantitative estimate of drug-likeness (QED) is 0.690. The van der Waals surface area contributed by atoms with E-state index in [0.717, 1.165) is 27.8 Å². The number of nitrogens with zero attached hydrogens (tertiary/aromatic N) is 1. The van der Waals surface area contributed by atoms with Crippen LogP contribution in [0.15, 0.2) is 53.5 Å². The molecule has 3 aromatic rings. The van der Waals surface area contributed by atoms with E-state index >= 15 is 0 Å². The van der Waals surface area contributed by atoms with Crippen LogP contribution < -0.4 is 5.56 Å². The number of fused-ring (bicyclic) bond motifs is 1. The number of carbonyl (C=O) groups excluding carboxylic acids is 1. The molecule has 0 unspecified atom stereocenters. The van der Waals surface area contributed by atoms with E-state index in [4.69, 9.17) is 0 Å². The van der Waals surface area contributed by atoms with Crippen LogP contribution in [0.5, 0.6) is 0 Å². The van der Waals surface area contributed by atoms with Gasteiger partial charge in [0.15, 0.2) is 0 Å². The van der Waals surface area contributed by atoms with Crippen LogP contribution in [0.25, 0.3) is 11.1 Å². The molecule has 0 amide bonds. The van der Waals surface area contributed by atoms with E-state index in [1.54, 1.807) is 23.7 Å². The maximum Gasteiger partial charge on any atom is 0.253 e. The molecule has 1 aliphatic rings. The molecule has 4 rings (SSSR count). The first-order chi connectivity index (χ1) is 13.4. The summed E-state index contributed by atoms with van der Waals surface area (Å²) >= 11 is 0. The van der Waals surface area contributed by atoms with Crippen molar-refractivity contribution in [3.8, 4) is 11.1 Å². The summed E-state index contributed by atoms with van der Waals surface area (Å²) in [5, 5.41) is 0. The van der Waals surface area contributed by atoms with E-state index in [9.17, 15) is 14.0 Å². The second-order valence-electron chi connectivity index (χ2n) is 7.58. The highest BCUT2D eigenvalue weighted by Gasteiger charge is 2.22. The summed E-state index contributed by atoms with van der Waals surface area (Å²) in [6, 6.07) is 12.6. The van der Waals surface area contributed by atoms with Crippen LogP contribution in [0.4, 0.5) is 4.39 Å². The lowest BCUT2D eigenvalue weighted by molar-refractivity contribution is -0.118. The fraction of sp³-hybridized carbons (Fsp3) is 0.250. The normalized spacial score (nSPS) is 13.5. The highest BCUT2D eigenvalue weighted by atomic mass is 19.1. The van der Waals surface area contributed by atoms with Gasteiger partial charge in [0.1, 0.15) is 11.6 Å². The number of benzene rings is 2. The van der Waals surface area contributed by atoms with Crippen molar-refractivity contribution in [1.29, 1.82) is 0 Å². The van der Waals surface area contributed by atoms with Gasteiger partial charge in [-0.1, -0.05) is 24.3 Å². The second-order valence-corrected chi connectivity index (χ2v) is 7.58. The van der Waals surface area contributed by atoms with Gasteiger partial charge in [0, 0.05) is 31.6 Å². The Bertz CT molecular complexity index is 1120. The molecule has 1 heterocycles. The Morgan fingerprint density at radius 2 is 1.89 bits per heavy atom. The molecule has 0 bridgehead atoms. The van der Waals surface area contributed by atoms with Crippen molar-refractivity contribution in [3.05, 3.63) is 92.6 Å². The van der Waals surface area contributed by atoms with Crippen LogP contribution in [-0.2, 0) is 31.1 Å². The van der Waals surface area contributed by atoms with E-state index in [-0.39, 0.29) is 17.2 Å². The van der Waals surface area contributed by atoms with Gasteiger partial charge in [0.2, 0.25) is 0 Å². The Morgan fingerprint density at radius 1 is 1.07 bits per heavy atom. The van der Waals surface area contributed by atoms with Crippen molar-refractivity contribution in [2.24, 2.45) is 7.05 Å². The maximum absolute atomic E-state index is 13.8. The summed E-state index contributed by atoms with van der Waals surface area (Å²) in [6.45, 7) is 1.81. The van der Waals surface area contributed by atoms with E-state index in [0.29, 0.717) is 31.2 Å². The summed E-state index contributed by atoms with van der Waals surface area (Å²) in [6.07, 6.45) is 4.14. The van der Waals surface area contributed by atoms with Crippen LogP contribution in [0.2, 0.25) is 0 Å². The van der Waals surface area contributed by atoms with E-state index in [1.807, 2.05) is 37.4 Å². The molecule has 0 spiro atoms. The van der Waals surface area contributed by atoms with Crippen LogP contribution in [0.3, 0.4) is 0 Å². The smallest absolute Gasteiger partial charge is 0.253 e. The minimum absolute atomic E-state index is 0.0148. The van der Waals surface area contributed by atoms with E-state index < -0.39 is 0 Å². The Labute approximate surface area is 163 Å². The van der Waals surface area contributed by atoms with Crippen molar-refractivity contribution in [3.63, 3.8) is 0 Å². The molecule has 0 radical (unpaired) electrons. The lowest BCUT2D eigenvalue weighted by Gasteiger charge is -2.23. The highest BCUT2D eigenvalue weighted by Crippen LogP contribution is 2.33. The minimum Gasteiger partial charge on any atom is -0.318 e. The zero-order valence-corrected chi connectivity index (χ0v) is 16.1. The Morgan fingerprint density at radius 3 is 2.64 bits per heavy atom. The van der Waals surface area contributed by atoms with E-state index in [1.165, 1.54) is 11.6 Å². The lowest BCUT2D eigenvalue weighted by Crippen LogP contribution is -2.19. The molecular weight excluding hydrogens is 353 g/mol. The first-order valence-electron chi connectivity index (χ1n) is 9.50. The number of aromatic nitrogens is 1.